The van der Waals surface area contributed by atoms with E-state index in [1.54, 1.807) is 0 Å². The number of para-hydroxylation sites is 1. The van der Waals surface area contributed by atoms with E-state index in [-0.39, 0.29) is 6.04 Å². The van der Waals surface area contributed by atoms with Gasteiger partial charge in [-0.15, -0.1) is 0 Å². The summed E-state index contributed by atoms with van der Waals surface area (Å²) in [5, 5.41) is 0. The zero-order valence-electron chi connectivity index (χ0n) is 23.6. The van der Waals surface area contributed by atoms with Crippen LogP contribution in [0.15, 0.2) is 164 Å². The number of allylic oxidation sites excluding steroid dienone is 2. The first-order chi connectivity index (χ1) is 21.3. The van der Waals surface area contributed by atoms with E-state index in [0.717, 1.165) is 33.9 Å². The molecule has 2 atom stereocenters. The van der Waals surface area contributed by atoms with Crippen LogP contribution in [-0.4, -0.2) is 16.0 Å². The van der Waals surface area contributed by atoms with Crippen molar-refractivity contribution in [1.82, 2.24) is 9.97 Å². The van der Waals surface area contributed by atoms with Crippen molar-refractivity contribution in [1.29, 1.82) is 0 Å². The third kappa shape index (κ3) is 4.65. The number of anilines is 2. The van der Waals surface area contributed by atoms with E-state index in [0.29, 0.717) is 5.92 Å². The molecule has 204 valence electrons. The van der Waals surface area contributed by atoms with Crippen LogP contribution >= 0.6 is 0 Å². The summed E-state index contributed by atoms with van der Waals surface area (Å²) in [4.78, 5) is 12.5. The van der Waals surface area contributed by atoms with E-state index in [1.165, 1.54) is 28.1 Å². The minimum atomic E-state index is 0.280. The maximum atomic E-state index is 5.05. The van der Waals surface area contributed by atoms with Gasteiger partial charge < -0.3 is 4.90 Å². The lowest BCUT2D eigenvalue weighted by Gasteiger charge is -2.28. The zero-order chi connectivity index (χ0) is 28.6. The van der Waals surface area contributed by atoms with E-state index in [2.05, 4.69) is 144 Å². The van der Waals surface area contributed by atoms with Crippen molar-refractivity contribution in [3.63, 3.8) is 0 Å². The molecule has 5 aromatic carbocycles. The van der Waals surface area contributed by atoms with E-state index in [9.17, 15) is 0 Å². The van der Waals surface area contributed by atoms with Gasteiger partial charge >= 0.3 is 0 Å². The lowest BCUT2D eigenvalue weighted by Crippen LogP contribution is -2.28. The normalized spacial score (nSPS) is 16.6. The van der Waals surface area contributed by atoms with Gasteiger partial charge in [-0.2, -0.15) is 0 Å². The molecule has 0 N–H and O–H groups in total. The van der Waals surface area contributed by atoms with Crippen LogP contribution in [0.25, 0.3) is 45.0 Å². The third-order valence-corrected chi connectivity index (χ3v) is 8.45. The third-order valence-electron chi connectivity index (χ3n) is 8.45. The number of aromatic nitrogens is 2. The topological polar surface area (TPSA) is 29.0 Å². The van der Waals surface area contributed by atoms with E-state index >= 15 is 0 Å². The number of benzene rings is 5. The van der Waals surface area contributed by atoms with Crippen molar-refractivity contribution < 1.29 is 0 Å². The Hall–Kier alpha value is -5.54. The van der Waals surface area contributed by atoms with Gasteiger partial charge in [-0.3, -0.25) is 0 Å². The molecule has 2 unspecified atom stereocenters. The lowest BCUT2D eigenvalue weighted by atomic mass is 9.91. The molecular weight excluding hydrogens is 522 g/mol. The quantitative estimate of drug-likeness (QED) is 0.213. The van der Waals surface area contributed by atoms with E-state index in [1.807, 2.05) is 24.3 Å². The highest BCUT2D eigenvalue weighted by molar-refractivity contribution is 5.78. The Kier molecular flexibility index (Phi) is 6.27. The summed E-state index contributed by atoms with van der Waals surface area (Å²) < 4.78 is 0. The second-order valence-corrected chi connectivity index (χ2v) is 11.0. The van der Waals surface area contributed by atoms with Crippen LogP contribution in [-0.2, 0) is 0 Å². The summed E-state index contributed by atoms with van der Waals surface area (Å²) in [6.07, 6.45) is 8.95. The molecule has 0 fully saturated rings. The highest BCUT2D eigenvalue weighted by Gasteiger charge is 2.36. The standard InChI is InChI=1S/C40H29N3/c1-3-11-28(12-4-1)29-19-21-30(22-20-29)36-27-37(42-40(41-36)32-13-5-2-6-14-32)31-23-25-33(26-24-31)43-38-17-9-7-15-34(38)35-16-8-10-18-39(35)43/h1-27,34,38H. The fraction of sp³-hybridized carbons (Fsp3) is 0.0500. The monoisotopic (exact) mass is 551 g/mol. The fourth-order valence-electron chi connectivity index (χ4n) is 6.31. The molecule has 43 heavy (non-hydrogen) atoms. The largest absolute Gasteiger partial charge is 0.333 e. The summed E-state index contributed by atoms with van der Waals surface area (Å²) in [7, 11) is 0. The van der Waals surface area contributed by atoms with Crippen LogP contribution in [0.4, 0.5) is 11.4 Å². The van der Waals surface area contributed by atoms with Gasteiger partial charge in [0.05, 0.1) is 17.4 Å². The number of rotatable bonds is 5. The Morgan fingerprint density at radius 2 is 1.00 bits per heavy atom. The maximum Gasteiger partial charge on any atom is 0.160 e. The smallest absolute Gasteiger partial charge is 0.160 e. The number of hydrogen-bond acceptors (Lipinski definition) is 3. The van der Waals surface area contributed by atoms with Crippen molar-refractivity contribution in [2.45, 2.75) is 12.0 Å². The summed E-state index contributed by atoms with van der Waals surface area (Å²) in [6.45, 7) is 0. The van der Waals surface area contributed by atoms with Crippen LogP contribution in [0.2, 0.25) is 0 Å². The van der Waals surface area contributed by atoms with Crippen molar-refractivity contribution in [2.24, 2.45) is 0 Å². The van der Waals surface area contributed by atoms with Crippen molar-refractivity contribution >= 4 is 11.4 Å². The Morgan fingerprint density at radius 1 is 0.465 bits per heavy atom. The molecule has 2 heterocycles. The molecule has 0 radical (unpaired) electrons. The van der Waals surface area contributed by atoms with Crippen molar-refractivity contribution in [3.05, 3.63) is 169 Å². The summed E-state index contributed by atoms with van der Waals surface area (Å²) >= 11 is 0. The second-order valence-electron chi connectivity index (χ2n) is 11.0. The lowest BCUT2D eigenvalue weighted by molar-refractivity contribution is 0.745. The van der Waals surface area contributed by atoms with Gasteiger partial charge in [0.25, 0.3) is 0 Å². The predicted molar refractivity (Wildman–Crippen MR) is 177 cm³/mol. The van der Waals surface area contributed by atoms with Crippen LogP contribution in [0, 0.1) is 0 Å². The molecule has 3 nitrogen and oxygen atoms in total. The minimum Gasteiger partial charge on any atom is -0.333 e. The fourth-order valence-corrected chi connectivity index (χ4v) is 6.31. The molecule has 3 heteroatoms. The molecule has 0 spiro atoms. The van der Waals surface area contributed by atoms with Crippen molar-refractivity contribution in [3.8, 4) is 45.0 Å². The minimum absolute atomic E-state index is 0.280. The molecule has 1 aliphatic carbocycles. The Balaban J connectivity index is 1.17. The average molecular weight is 552 g/mol. The van der Waals surface area contributed by atoms with Crippen LogP contribution in [0.3, 0.4) is 0 Å². The highest BCUT2D eigenvalue weighted by atomic mass is 15.2. The van der Waals surface area contributed by atoms with Gasteiger partial charge in [-0.25, -0.2) is 9.97 Å². The molecule has 0 saturated heterocycles. The summed E-state index contributed by atoms with van der Waals surface area (Å²) in [6, 6.07) is 49.3. The number of hydrogen-bond donors (Lipinski definition) is 0. The van der Waals surface area contributed by atoms with Crippen LogP contribution in [0.5, 0.6) is 0 Å². The van der Waals surface area contributed by atoms with Gasteiger partial charge in [-0.05, 0) is 41.0 Å². The van der Waals surface area contributed by atoms with Crippen LogP contribution in [0.1, 0.15) is 11.5 Å². The van der Waals surface area contributed by atoms with Crippen molar-refractivity contribution in [2.75, 3.05) is 4.90 Å². The molecular formula is C40H29N3. The van der Waals surface area contributed by atoms with E-state index in [4.69, 9.17) is 9.97 Å². The first-order valence-corrected chi connectivity index (χ1v) is 14.8. The summed E-state index contributed by atoms with van der Waals surface area (Å²) in [5.74, 6) is 1.09. The molecule has 1 aromatic heterocycles. The predicted octanol–water partition coefficient (Wildman–Crippen LogP) is 9.87. The molecule has 1 aliphatic heterocycles. The Labute approximate surface area is 252 Å². The number of nitrogens with zero attached hydrogens (tertiary/aromatic N) is 3. The molecule has 0 amide bonds. The zero-order valence-corrected chi connectivity index (χ0v) is 23.6. The molecule has 8 rings (SSSR count). The Morgan fingerprint density at radius 3 is 1.70 bits per heavy atom. The maximum absolute atomic E-state index is 5.05. The van der Waals surface area contributed by atoms with Gasteiger partial charge in [0, 0.05) is 34.0 Å². The summed E-state index contributed by atoms with van der Waals surface area (Å²) in [5.41, 5.74) is 11.2. The molecule has 0 saturated carbocycles. The van der Waals surface area contributed by atoms with Gasteiger partial charge in [0.15, 0.2) is 5.82 Å². The van der Waals surface area contributed by atoms with Gasteiger partial charge in [0.1, 0.15) is 0 Å². The van der Waals surface area contributed by atoms with E-state index < -0.39 is 0 Å². The molecule has 6 aromatic rings. The average Bonchev–Trinajstić information content (AvgIpc) is 3.43. The Bertz CT molecular complexity index is 1960. The van der Waals surface area contributed by atoms with Gasteiger partial charge in [0.2, 0.25) is 0 Å². The number of fused-ring (bicyclic) bond motifs is 3. The SMILES string of the molecule is C1=CC2c3ccccc3N(c3ccc(-c4cc(-c5ccc(-c6ccccc6)cc5)nc(-c5ccccc5)n4)cc3)C2C=C1. The molecule has 0 bridgehead atoms. The highest BCUT2D eigenvalue weighted by Crippen LogP contribution is 2.47. The second kappa shape index (κ2) is 10.7. The van der Waals surface area contributed by atoms with Gasteiger partial charge in [-0.1, -0.05) is 140 Å². The van der Waals surface area contributed by atoms with Crippen LogP contribution < -0.4 is 4.90 Å². The first-order valence-electron chi connectivity index (χ1n) is 14.8. The molecule has 2 aliphatic rings. The first kappa shape index (κ1) is 25.2.